The van der Waals surface area contributed by atoms with Crippen LogP contribution in [0, 0.1) is 11.8 Å². The van der Waals surface area contributed by atoms with Gasteiger partial charge < -0.3 is 15.2 Å². The molecular weight excluding hydrogens is 330 g/mol. The molecule has 5 atom stereocenters. The Kier molecular flexibility index (Phi) is 4.63. The monoisotopic (exact) mass is 359 g/mol. The van der Waals surface area contributed by atoms with Gasteiger partial charge in [-0.3, -0.25) is 0 Å². The third-order valence-electron chi connectivity index (χ3n) is 5.93. The number of hydrogen-bond donors (Lipinski definition) is 2. The molecule has 0 radical (unpaired) electrons. The number of hydrogen-bond acceptors (Lipinski definition) is 4. The third kappa shape index (κ3) is 3.24. The fourth-order valence-corrected chi connectivity index (χ4v) is 5.39. The van der Waals surface area contributed by atoms with Crippen molar-refractivity contribution in [2.24, 2.45) is 11.8 Å². The summed E-state index contributed by atoms with van der Waals surface area (Å²) >= 11 is 1.91. The summed E-state index contributed by atoms with van der Waals surface area (Å²) < 4.78 is 6.40. The van der Waals surface area contributed by atoms with Gasteiger partial charge >= 0.3 is 0 Å². The summed E-state index contributed by atoms with van der Waals surface area (Å²) in [6, 6.07) is 7.23. The van der Waals surface area contributed by atoms with Crippen molar-refractivity contribution >= 4 is 17.4 Å². The van der Waals surface area contributed by atoms with E-state index in [4.69, 9.17) is 4.74 Å². The topological polar surface area (TPSA) is 41.5 Å². The molecule has 1 fully saturated rings. The number of thioether (sulfide) groups is 1. The summed E-state index contributed by atoms with van der Waals surface area (Å²) in [6.07, 6.45) is 4.48. The third-order valence-corrected chi connectivity index (χ3v) is 6.86. The van der Waals surface area contributed by atoms with Crippen LogP contribution in [0.25, 0.3) is 0 Å². The Hall–Kier alpha value is -0.970. The van der Waals surface area contributed by atoms with E-state index < -0.39 is 0 Å². The Morgan fingerprint density at radius 3 is 2.80 bits per heavy atom. The summed E-state index contributed by atoms with van der Waals surface area (Å²) in [5.41, 5.74) is 3.96. The fourth-order valence-electron chi connectivity index (χ4n) is 4.42. The van der Waals surface area contributed by atoms with E-state index in [1.807, 2.05) is 11.8 Å². The molecule has 1 aromatic rings. The van der Waals surface area contributed by atoms with Crippen molar-refractivity contribution in [3.63, 3.8) is 0 Å². The maximum atomic E-state index is 9.64. The highest BCUT2D eigenvalue weighted by molar-refractivity contribution is 8.02. The van der Waals surface area contributed by atoms with Crippen LogP contribution in [-0.4, -0.2) is 29.6 Å². The minimum Gasteiger partial charge on any atom is -0.394 e. The lowest BCUT2D eigenvalue weighted by atomic mass is 9.73. The van der Waals surface area contributed by atoms with Crippen LogP contribution < -0.4 is 5.32 Å². The highest BCUT2D eigenvalue weighted by Crippen LogP contribution is 2.49. The van der Waals surface area contributed by atoms with E-state index >= 15 is 0 Å². The Morgan fingerprint density at radius 2 is 2.12 bits per heavy atom. The summed E-state index contributed by atoms with van der Waals surface area (Å²) in [6.45, 7) is 6.88. The van der Waals surface area contributed by atoms with Gasteiger partial charge in [-0.25, -0.2) is 0 Å². The zero-order valence-corrected chi connectivity index (χ0v) is 16.2. The molecule has 3 heterocycles. The van der Waals surface area contributed by atoms with Gasteiger partial charge in [0.05, 0.1) is 18.8 Å². The van der Waals surface area contributed by atoms with Crippen molar-refractivity contribution < 1.29 is 9.84 Å². The van der Waals surface area contributed by atoms with Gasteiger partial charge in [0.2, 0.25) is 0 Å². The Morgan fingerprint density at radius 1 is 1.28 bits per heavy atom. The van der Waals surface area contributed by atoms with E-state index in [0.717, 1.165) is 18.6 Å². The smallest absolute Gasteiger partial charge is 0.0897 e. The number of fused-ring (bicyclic) bond motifs is 3. The van der Waals surface area contributed by atoms with Gasteiger partial charge in [-0.1, -0.05) is 39.0 Å². The normalized spacial score (nSPS) is 34.3. The molecule has 1 unspecified atom stereocenters. The molecule has 0 saturated carbocycles. The highest BCUT2D eigenvalue weighted by Gasteiger charge is 2.44. The molecule has 0 aliphatic carbocycles. The second-order valence-corrected chi connectivity index (χ2v) is 9.59. The lowest BCUT2D eigenvalue weighted by Crippen LogP contribution is -2.47. The first-order chi connectivity index (χ1) is 12.0. The lowest BCUT2D eigenvalue weighted by molar-refractivity contribution is -0.111. The molecule has 3 aliphatic heterocycles. The molecule has 0 spiro atoms. The molecule has 0 bridgehead atoms. The van der Waals surface area contributed by atoms with Crippen LogP contribution in [0.1, 0.15) is 50.8 Å². The number of benzene rings is 1. The van der Waals surface area contributed by atoms with Crippen LogP contribution in [0.15, 0.2) is 29.7 Å². The van der Waals surface area contributed by atoms with E-state index in [1.54, 1.807) is 0 Å². The molecule has 1 saturated heterocycles. The fraction of sp³-hybridized carbons (Fsp3) is 0.619. The van der Waals surface area contributed by atoms with Crippen molar-refractivity contribution in [3.05, 3.63) is 40.8 Å². The molecule has 1 aromatic carbocycles. The van der Waals surface area contributed by atoms with Crippen molar-refractivity contribution in [1.82, 2.24) is 0 Å². The maximum Gasteiger partial charge on any atom is 0.0897 e. The minimum absolute atomic E-state index is 0.0281. The Bertz CT molecular complexity index is 666. The van der Waals surface area contributed by atoms with Crippen molar-refractivity contribution in [3.8, 4) is 0 Å². The Balaban J connectivity index is 1.73. The van der Waals surface area contributed by atoms with E-state index in [2.05, 4.69) is 55.8 Å². The molecule has 25 heavy (non-hydrogen) atoms. The first kappa shape index (κ1) is 17.4. The first-order valence-corrected chi connectivity index (χ1v) is 10.5. The van der Waals surface area contributed by atoms with Crippen molar-refractivity contribution in [2.45, 2.75) is 57.3 Å². The summed E-state index contributed by atoms with van der Waals surface area (Å²) in [5, 5.41) is 15.7. The number of aliphatic hydroxyl groups excluding tert-OH is 1. The molecule has 3 aliphatic rings. The van der Waals surface area contributed by atoms with Crippen LogP contribution in [0.2, 0.25) is 0 Å². The van der Waals surface area contributed by atoms with Crippen molar-refractivity contribution in [1.29, 1.82) is 0 Å². The van der Waals surface area contributed by atoms with E-state index in [9.17, 15) is 5.11 Å². The van der Waals surface area contributed by atoms with Gasteiger partial charge in [-0.15, -0.1) is 11.8 Å². The second-order valence-electron chi connectivity index (χ2n) is 8.65. The van der Waals surface area contributed by atoms with E-state index in [-0.39, 0.29) is 24.2 Å². The molecular formula is C21H29NO2S. The lowest BCUT2D eigenvalue weighted by Gasteiger charge is -2.47. The average molecular weight is 360 g/mol. The quantitative estimate of drug-likeness (QED) is 0.817. The standard InChI is InChI=1S/C21H29NO2S/c1-21(2,3)14-4-7-18-17(10-14)20-16(6-5-15(11-23)24-20)19(22-18)13-8-9-25-12-13/h4,7-10,13,15-16,19-20,22-23H,5-6,11-12H2,1-3H3/t13?,15-,16+,19+,20+/m1/s1. The Labute approximate surface area is 155 Å². The zero-order chi connectivity index (χ0) is 17.6. The molecule has 0 aromatic heterocycles. The number of rotatable bonds is 2. The molecule has 136 valence electrons. The average Bonchev–Trinajstić information content (AvgIpc) is 3.13. The van der Waals surface area contributed by atoms with Crippen LogP contribution >= 0.6 is 11.8 Å². The van der Waals surface area contributed by atoms with E-state index in [1.165, 1.54) is 16.8 Å². The van der Waals surface area contributed by atoms with Gasteiger partial charge in [-0.05, 0) is 35.3 Å². The molecule has 4 heteroatoms. The number of anilines is 1. The molecule has 0 amide bonds. The number of aliphatic hydroxyl groups is 1. The van der Waals surface area contributed by atoms with Crippen LogP contribution in [0.5, 0.6) is 0 Å². The molecule has 2 N–H and O–H groups in total. The minimum atomic E-state index is -0.0281. The van der Waals surface area contributed by atoms with Gasteiger partial charge in [0.15, 0.2) is 0 Å². The predicted octanol–water partition coefficient (Wildman–Crippen LogP) is 4.48. The van der Waals surface area contributed by atoms with Crippen LogP contribution in [0.3, 0.4) is 0 Å². The van der Waals surface area contributed by atoms with Gasteiger partial charge in [-0.2, -0.15) is 0 Å². The molecule has 4 rings (SSSR count). The van der Waals surface area contributed by atoms with Gasteiger partial charge in [0.25, 0.3) is 0 Å². The highest BCUT2D eigenvalue weighted by atomic mass is 32.2. The summed E-state index contributed by atoms with van der Waals surface area (Å²) in [7, 11) is 0. The van der Waals surface area contributed by atoms with Crippen LogP contribution in [0.4, 0.5) is 5.69 Å². The zero-order valence-electron chi connectivity index (χ0n) is 15.4. The van der Waals surface area contributed by atoms with Gasteiger partial charge in [0.1, 0.15) is 0 Å². The van der Waals surface area contributed by atoms with E-state index in [0.29, 0.717) is 17.9 Å². The van der Waals surface area contributed by atoms with Crippen LogP contribution in [-0.2, 0) is 10.2 Å². The second kappa shape index (κ2) is 6.64. The number of nitrogens with one attached hydrogen (secondary N) is 1. The molecule has 3 nitrogen and oxygen atoms in total. The van der Waals surface area contributed by atoms with Gasteiger partial charge in [0, 0.05) is 34.9 Å². The summed E-state index contributed by atoms with van der Waals surface area (Å²) in [4.78, 5) is 0. The largest absolute Gasteiger partial charge is 0.394 e. The first-order valence-electron chi connectivity index (χ1n) is 9.43. The maximum absolute atomic E-state index is 9.64. The SMILES string of the molecule is CC(C)(C)c1ccc2c(c1)[C@H]1O[C@@H](CO)CC[C@H]1[C@H](C1C=CSC1)N2. The van der Waals surface area contributed by atoms with Crippen molar-refractivity contribution in [2.75, 3.05) is 17.7 Å². The number of ether oxygens (including phenoxy) is 1. The summed E-state index contributed by atoms with van der Waals surface area (Å²) in [5.74, 6) is 2.18. The predicted molar refractivity (Wildman–Crippen MR) is 105 cm³/mol.